The molecule has 0 aliphatic carbocycles. The van der Waals surface area contributed by atoms with Gasteiger partial charge < -0.3 is 10.1 Å². The second-order valence-electron chi connectivity index (χ2n) is 4.77. The maximum atomic E-state index is 11.9. The minimum Gasteiger partial charge on any atom is -0.484 e. The Bertz CT molecular complexity index is 763. The molecule has 106 valence electrons. The first-order valence-corrected chi connectivity index (χ1v) is 6.63. The van der Waals surface area contributed by atoms with Crippen molar-refractivity contribution >= 4 is 17.1 Å². The largest absolute Gasteiger partial charge is 0.484 e. The van der Waals surface area contributed by atoms with E-state index in [4.69, 9.17) is 4.74 Å². The number of fused-ring (bicyclic) bond motifs is 1. The van der Waals surface area contributed by atoms with Gasteiger partial charge in [0.15, 0.2) is 6.61 Å². The fraction of sp³-hybridized carbons (Fsp3) is 0.125. The Balaban J connectivity index is 1.59. The number of aryl methyl sites for hydroxylation is 1. The van der Waals surface area contributed by atoms with Crippen molar-refractivity contribution in [2.24, 2.45) is 0 Å². The van der Waals surface area contributed by atoms with Crippen LogP contribution in [0.15, 0.2) is 54.9 Å². The van der Waals surface area contributed by atoms with E-state index in [1.165, 1.54) is 0 Å². The van der Waals surface area contributed by atoms with Crippen LogP contribution in [-0.4, -0.2) is 22.1 Å². The minimum atomic E-state index is -0.195. The molecule has 0 spiro atoms. The van der Waals surface area contributed by atoms with Gasteiger partial charge in [0.05, 0.1) is 5.52 Å². The highest BCUT2D eigenvalue weighted by atomic mass is 16.5. The fourth-order valence-electron chi connectivity index (χ4n) is 1.98. The molecule has 0 aliphatic rings. The van der Waals surface area contributed by atoms with Crippen molar-refractivity contribution in [1.82, 2.24) is 9.61 Å². The second-order valence-corrected chi connectivity index (χ2v) is 4.77. The number of carbonyl (C=O) groups is 1. The van der Waals surface area contributed by atoms with E-state index in [2.05, 4.69) is 10.4 Å². The number of hydrogen-bond donors (Lipinski definition) is 1. The van der Waals surface area contributed by atoms with Gasteiger partial charge in [0.2, 0.25) is 0 Å². The van der Waals surface area contributed by atoms with Crippen molar-refractivity contribution in [3.8, 4) is 5.75 Å². The average Bonchev–Trinajstić information content (AvgIpc) is 2.94. The topological polar surface area (TPSA) is 55.6 Å². The molecule has 0 atom stereocenters. The third-order valence-corrected chi connectivity index (χ3v) is 3.07. The summed E-state index contributed by atoms with van der Waals surface area (Å²) in [7, 11) is 0. The molecule has 1 N–H and O–H groups in total. The van der Waals surface area contributed by atoms with E-state index in [0.29, 0.717) is 5.75 Å². The van der Waals surface area contributed by atoms with Crippen LogP contribution in [0.4, 0.5) is 5.69 Å². The maximum absolute atomic E-state index is 11.9. The lowest BCUT2D eigenvalue weighted by Gasteiger charge is -2.08. The number of hydrogen-bond acceptors (Lipinski definition) is 3. The zero-order chi connectivity index (χ0) is 14.7. The van der Waals surface area contributed by atoms with E-state index in [0.717, 1.165) is 16.8 Å². The molecule has 0 bridgehead atoms. The van der Waals surface area contributed by atoms with Crippen LogP contribution in [0.3, 0.4) is 0 Å². The van der Waals surface area contributed by atoms with Crippen LogP contribution in [0.2, 0.25) is 0 Å². The fourth-order valence-corrected chi connectivity index (χ4v) is 1.98. The van der Waals surface area contributed by atoms with Crippen LogP contribution >= 0.6 is 0 Å². The number of nitrogens with one attached hydrogen (secondary N) is 1. The SMILES string of the molecule is Cc1ccc(OCC(=O)Nc2ccn3nccc3c2)cc1. The van der Waals surface area contributed by atoms with Crippen LogP contribution in [0.5, 0.6) is 5.75 Å². The molecule has 2 heterocycles. The van der Waals surface area contributed by atoms with Gasteiger partial charge in [0, 0.05) is 18.1 Å². The molecule has 0 saturated carbocycles. The zero-order valence-electron chi connectivity index (χ0n) is 11.6. The molecule has 5 heteroatoms. The summed E-state index contributed by atoms with van der Waals surface area (Å²) in [5.74, 6) is 0.487. The molecule has 2 aromatic heterocycles. The van der Waals surface area contributed by atoms with Gasteiger partial charge in [-0.05, 0) is 37.3 Å². The number of benzene rings is 1. The van der Waals surface area contributed by atoms with Crippen LogP contribution < -0.4 is 10.1 Å². The maximum Gasteiger partial charge on any atom is 0.262 e. The van der Waals surface area contributed by atoms with Gasteiger partial charge >= 0.3 is 0 Å². The summed E-state index contributed by atoms with van der Waals surface area (Å²) >= 11 is 0. The molecule has 1 amide bonds. The van der Waals surface area contributed by atoms with Gasteiger partial charge in [-0.15, -0.1) is 0 Å². The van der Waals surface area contributed by atoms with Gasteiger partial charge in [-0.2, -0.15) is 5.10 Å². The van der Waals surface area contributed by atoms with E-state index in [1.54, 1.807) is 23.0 Å². The third-order valence-electron chi connectivity index (χ3n) is 3.07. The molecular formula is C16H15N3O2. The van der Waals surface area contributed by atoms with E-state index in [-0.39, 0.29) is 12.5 Å². The first-order valence-electron chi connectivity index (χ1n) is 6.63. The summed E-state index contributed by atoms with van der Waals surface area (Å²) in [6.45, 7) is 1.98. The van der Waals surface area contributed by atoms with Crippen molar-refractivity contribution in [3.63, 3.8) is 0 Å². The molecule has 3 aromatic rings. The van der Waals surface area contributed by atoms with Crippen LogP contribution in [-0.2, 0) is 4.79 Å². The Labute approximate surface area is 122 Å². The minimum absolute atomic E-state index is 0.0203. The highest BCUT2D eigenvalue weighted by Gasteiger charge is 2.04. The Morgan fingerprint density at radius 1 is 1.24 bits per heavy atom. The van der Waals surface area contributed by atoms with Crippen molar-refractivity contribution in [3.05, 3.63) is 60.4 Å². The predicted octanol–water partition coefficient (Wildman–Crippen LogP) is 2.66. The third kappa shape index (κ3) is 3.20. The van der Waals surface area contributed by atoms with Gasteiger partial charge in [0.25, 0.3) is 5.91 Å². The van der Waals surface area contributed by atoms with Crippen LogP contribution in [0.25, 0.3) is 5.52 Å². The number of ether oxygens (including phenoxy) is 1. The quantitative estimate of drug-likeness (QED) is 0.800. The molecular weight excluding hydrogens is 266 g/mol. The van der Waals surface area contributed by atoms with E-state index < -0.39 is 0 Å². The summed E-state index contributed by atoms with van der Waals surface area (Å²) < 4.78 is 7.17. The van der Waals surface area contributed by atoms with Crippen molar-refractivity contribution in [1.29, 1.82) is 0 Å². The van der Waals surface area contributed by atoms with Gasteiger partial charge in [0.1, 0.15) is 5.75 Å². The summed E-state index contributed by atoms with van der Waals surface area (Å²) in [6, 6.07) is 13.1. The number of amides is 1. The van der Waals surface area contributed by atoms with Gasteiger partial charge in [-0.1, -0.05) is 17.7 Å². The first-order chi connectivity index (χ1) is 10.2. The normalized spacial score (nSPS) is 10.5. The molecule has 21 heavy (non-hydrogen) atoms. The molecule has 0 aliphatic heterocycles. The molecule has 0 fully saturated rings. The molecule has 0 radical (unpaired) electrons. The Hall–Kier alpha value is -2.82. The number of aromatic nitrogens is 2. The lowest BCUT2D eigenvalue weighted by molar-refractivity contribution is -0.118. The Morgan fingerprint density at radius 2 is 2.05 bits per heavy atom. The number of carbonyl (C=O) groups excluding carboxylic acids is 1. The molecule has 3 rings (SSSR count). The monoisotopic (exact) mass is 281 g/mol. The smallest absolute Gasteiger partial charge is 0.262 e. The lowest BCUT2D eigenvalue weighted by atomic mass is 10.2. The Morgan fingerprint density at radius 3 is 2.86 bits per heavy atom. The van der Waals surface area contributed by atoms with E-state index in [1.807, 2.05) is 43.3 Å². The van der Waals surface area contributed by atoms with Crippen molar-refractivity contribution < 1.29 is 9.53 Å². The number of pyridine rings is 1. The highest BCUT2D eigenvalue weighted by Crippen LogP contribution is 2.13. The molecule has 1 aromatic carbocycles. The van der Waals surface area contributed by atoms with E-state index in [9.17, 15) is 4.79 Å². The Kier molecular flexibility index (Phi) is 3.55. The average molecular weight is 281 g/mol. The van der Waals surface area contributed by atoms with Gasteiger partial charge in [-0.3, -0.25) is 4.79 Å². The number of anilines is 1. The summed E-state index contributed by atoms with van der Waals surface area (Å²) in [4.78, 5) is 11.9. The predicted molar refractivity (Wildman–Crippen MR) is 80.5 cm³/mol. The van der Waals surface area contributed by atoms with Crippen LogP contribution in [0, 0.1) is 6.92 Å². The van der Waals surface area contributed by atoms with Crippen molar-refractivity contribution in [2.45, 2.75) is 6.92 Å². The number of nitrogens with zero attached hydrogens (tertiary/aromatic N) is 2. The van der Waals surface area contributed by atoms with E-state index >= 15 is 0 Å². The highest BCUT2D eigenvalue weighted by molar-refractivity contribution is 5.92. The first kappa shape index (κ1) is 13.2. The standard InChI is InChI=1S/C16H15N3O2/c1-12-2-4-15(5-3-12)21-11-16(20)18-13-7-9-19-14(10-13)6-8-17-19/h2-10H,11H2,1H3,(H,18,20). The molecule has 0 unspecified atom stereocenters. The second kappa shape index (κ2) is 5.66. The van der Waals surface area contributed by atoms with Gasteiger partial charge in [-0.25, -0.2) is 4.52 Å². The summed E-state index contributed by atoms with van der Waals surface area (Å²) in [6.07, 6.45) is 3.51. The summed E-state index contributed by atoms with van der Waals surface area (Å²) in [5, 5.41) is 6.90. The zero-order valence-corrected chi connectivity index (χ0v) is 11.6. The lowest BCUT2D eigenvalue weighted by Crippen LogP contribution is -2.20. The number of rotatable bonds is 4. The molecule has 5 nitrogen and oxygen atoms in total. The molecule has 0 saturated heterocycles. The van der Waals surface area contributed by atoms with Crippen molar-refractivity contribution in [2.75, 3.05) is 11.9 Å². The summed E-state index contributed by atoms with van der Waals surface area (Å²) in [5.41, 5.74) is 2.80. The van der Waals surface area contributed by atoms with Crippen LogP contribution in [0.1, 0.15) is 5.56 Å².